The van der Waals surface area contributed by atoms with Crippen molar-refractivity contribution in [2.24, 2.45) is 0 Å². The van der Waals surface area contributed by atoms with Gasteiger partial charge in [0.15, 0.2) is 5.65 Å². The van der Waals surface area contributed by atoms with Crippen LogP contribution in [0.25, 0.3) is 5.65 Å². The molecule has 0 unspecified atom stereocenters. The Labute approximate surface area is 166 Å². The molecule has 2 aromatic heterocycles. The maximum Gasteiger partial charge on any atom is 0.256 e. The van der Waals surface area contributed by atoms with Crippen LogP contribution in [0, 0.1) is 5.82 Å². The molecular formula is C20H22FN5O3. The number of hydrogen-bond acceptors (Lipinski definition) is 6. The Bertz CT molecular complexity index is 1060. The van der Waals surface area contributed by atoms with E-state index in [1.54, 1.807) is 32.2 Å². The van der Waals surface area contributed by atoms with Crippen LogP contribution in [-0.4, -0.2) is 50.9 Å². The molecule has 1 aliphatic rings. The summed E-state index contributed by atoms with van der Waals surface area (Å²) in [5.74, 6) is 0.365. The Morgan fingerprint density at radius 3 is 2.97 bits per heavy atom. The summed E-state index contributed by atoms with van der Waals surface area (Å²) in [6, 6.07) is 6.05. The predicted molar refractivity (Wildman–Crippen MR) is 105 cm³/mol. The molecule has 0 fully saturated rings. The number of aliphatic hydroxyl groups is 1. The van der Waals surface area contributed by atoms with Gasteiger partial charge in [-0.15, -0.1) is 0 Å². The highest BCUT2D eigenvalue weighted by molar-refractivity contribution is 5.99. The van der Waals surface area contributed by atoms with Gasteiger partial charge in [0.1, 0.15) is 29.6 Å². The van der Waals surface area contributed by atoms with Crippen molar-refractivity contribution in [3.63, 3.8) is 0 Å². The zero-order valence-electron chi connectivity index (χ0n) is 16.2. The number of halogens is 1. The first-order valence-electron chi connectivity index (χ1n) is 9.31. The van der Waals surface area contributed by atoms with Crippen LogP contribution < -0.4 is 15.0 Å². The van der Waals surface area contributed by atoms with E-state index in [2.05, 4.69) is 15.4 Å². The number of nitrogens with zero attached hydrogens (tertiary/aromatic N) is 4. The van der Waals surface area contributed by atoms with E-state index in [1.807, 2.05) is 4.90 Å². The van der Waals surface area contributed by atoms with E-state index < -0.39 is 5.60 Å². The number of nitrogens with one attached hydrogen (secondary N) is 1. The van der Waals surface area contributed by atoms with Gasteiger partial charge in [0, 0.05) is 24.8 Å². The zero-order chi connectivity index (χ0) is 20.6. The lowest BCUT2D eigenvalue weighted by Crippen LogP contribution is -2.39. The molecule has 0 saturated heterocycles. The van der Waals surface area contributed by atoms with Gasteiger partial charge in [-0.3, -0.25) is 4.79 Å². The molecule has 0 spiro atoms. The Balaban J connectivity index is 1.85. The standard InChI is InChI=1S/C20H22FN5O3/c1-20(2,28)12-25-11-13-9-14(21)3-4-16(13)29-8-6-22-19(27)15-10-23-26-7-5-17(25)24-18(15)26/h3-5,7,9-10,28H,6,8,11-12H2,1-2H3,(H,22,27). The van der Waals surface area contributed by atoms with Gasteiger partial charge in [-0.25, -0.2) is 13.9 Å². The number of fused-ring (bicyclic) bond motifs is 2. The Morgan fingerprint density at radius 2 is 2.17 bits per heavy atom. The highest BCUT2D eigenvalue weighted by Crippen LogP contribution is 2.26. The molecule has 1 aliphatic heterocycles. The molecule has 1 aromatic carbocycles. The maximum absolute atomic E-state index is 13.9. The minimum absolute atomic E-state index is 0.227. The number of aromatic nitrogens is 3. The molecule has 4 rings (SSSR count). The number of benzene rings is 1. The quantitative estimate of drug-likeness (QED) is 0.682. The van der Waals surface area contributed by atoms with E-state index in [-0.39, 0.29) is 38.0 Å². The molecular weight excluding hydrogens is 377 g/mol. The molecule has 2 N–H and O–H groups in total. The van der Waals surface area contributed by atoms with Gasteiger partial charge in [0.2, 0.25) is 0 Å². The summed E-state index contributed by atoms with van der Waals surface area (Å²) in [4.78, 5) is 19.0. The van der Waals surface area contributed by atoms with Crippen molar-refractivity contribution >= 4 is 17.4 Å². The monoisotopic (exact) mass is 399 g/mol. The van der Waals surface area contributed by atoms with Gasteiger partial charge in [0.25, 0.3) is 5.91 Å². The van der Waals surface area contributed by atoms with Crippen LogP contribution in [0.3, 0.4) is 0 Å². The van der Waals surface area contributed by atoms with Crippen LogP contribution in [0.2, 0.25) is 0 Å². The lowest BCUT2D eigenvalue weighted by Gasteiger charge is -2.30. The van der Waals surface area contributed by atoms with Crippen LogP contribution >= 0.6 is 0 Å². The van der Waals surface area contributed by atoms with Crippen molar-refractivity contribution in [2.45, 2.75) is 26.0 Å². The summed E-state index contributed by atoms with van der Waals surface area (Å²) in [5.41, 5.74) is 0.338. The van der Waals surface area contributed by atoms with Crippen molar-refractivity contribution in [2.75, 3.05) is 24.6 Å². The maximum atomic E-state index is 13.9. The summed E-state index contributed by atoms with van der Waals surface area (Å²) >= 11 is 0. The SMILES string of the molecule is CC(C)(O)CN1Cc2cc(F)ccc2OCCNC(=O)c2cnn3ccc1nc23. The van der Waals surface area contributed by atoms with Gasteiger partial charge in [-0.2, -0.15) is 5.10 Å². The second-order valence-electron chi connectivity index (χ2n) is 7.64. The molecule has 1 amide bonds. The average Bonchev–Trinajstić information content (AvgIpc) is 3.07. The molecule has 3 heterocycles. The van der Waals surface area contributed by atoms with E-state index in [0.717, 1.165) is 0 Å². The molecule has 8 nitrogen and oxygen atoms in total. The van der Waals surface area contributed by atoms with Crippen molar-refractivity contribution in [3.8, 4) is 5.75 Å². The number of anilines is 1. The minimum atomic E-state index is -1.03. The molecule has 0 atom stereocenters. The molecule has 0 radical (unpaired) electrons. The molecule has 9 heteroatoms. The van der Waals surface area contributed by atoms with Crippen molar-refractivity contribution in [3.05, 3.63) is 53.6 Å². The van der Waals surface area contributed by atoms with Crippen LogP contribution in [0.15, 0.2) is 36.7 Å². The second kappa shape index (κ2) is 7.32. The van der Waals surface area contributed by atoms with Gasteiger partial charge in [-0.1, -0.05) is 0 Å². The third-order valence-electron chi connectivity index (χ3n) is 4.53. The third-order valence-corrected chi connectivity index (χ3v) is 4.53. The van der Waals surface area contributed by atoms with Gasteiger partial charge in [0.05, 0.1) is 18.3 Å². The summed E-state index contributed by atoms with van der Waals surface area (Å²) in [6.07, 6.45) is 3.17. The van der Waals surface area contributed by atoms with Crippen LogP contribution in [-0.2, 0) is 6.54 Å². The minimum Gasteiger partial charge on any atom is -0.491 e. The highest BCUT2D eigenvalue weighted by atomic mass is 19.1. The number of carbonyl (C=O) groups excluding carboxylic acids is 1. The number of ether oxygens (including phenoxy) is 1. The lowest BCUT2D eigenvalue weighted by molar-refractivity contribution is 0.0867. The van der Waals surface area contributed by atoms with Crippen molar-refractivity contribution in [1.82, 2.24) is 19.9 Å². The van der Waals surface area contributed by atoms with Gasteiger partial charge >= 0.3 is 0 Å². The largest absolute Gasteiger partial charge is 0.491 e. The molecule has 2 bridgehead atoms. The lowest BCUT2D eigenvalue weighted by atomic mass is 10.1. The summed E-state index contributed by atoms with van der Waals surface area (Å²) < 4.78 is 21.2. The van der Waals surface area contributed by atoms with E-state index >= 15 is 0 Å². The first-order chi connectivity index (χ1) is 13.8. The zero-order valence-corrected chi connectivity index (χ0v) is 16.2. The number of β-amino-alcohol motifs (C(OH)–C–C–N with tert-alkyl or cyclic N) is 1. The number of hydrogen-bond donors (Lipinski definition) is 2. The van der Waals surface area contributed by atoms with E-state index in [0.29, 0.717) is 28.3 Å². The Morgan fingerprint density at radius 1 is 1.34 bits per heavy atom. The van der Waals surface area contributed by atoms with Crippen molar-refractivity contribution < 1.29 is 19.0 Å². The molecule has 3 aromatic rings. The topological polar surface area (TPSA) is 92.0 Å². The van der Waals surface area contributed by atoms with E-state index in [1.165, 1.54) is 22.8 Å². The first-order valence-corrected chi connectivity index (χ1v) is 9.31. The highest BCUT2D eigenvalue weighted by Gasteiger charge is 2.23. The van der Waals surface area contributed by atoms with E-state index in [9.17, 15) is 14.3 Å². The fourth-order valence-electron chi connectivity index (χ4n) is 3.32. The van der Waals surface area contributed by atoms with Crippen LogP contribution in [0.4, 0.5) is 10.2 Å². The van der Waals surface area contributed by atoms with Crippen LogP contribution in [0.5, 0.6) is 5.75 Å². The number of rotatable bonds is 2. The Kier molecular flexibility index (Phi) is 4.83. The van der Waals surface area contributed by atoms with Gasteiger partial charge in [-0.05, 0) is 38.1 Å². The van der Waals surface area contributed by atoms with E-state index in [4.69, 9.17) is 4.74 Å². The first kappa shape index (κ1) is 19.1. The average molecular weight is 399 g/mol. The Hall–Kier alpha value is -3.20. The van der Waals surface area contributed by atoms with Crippen molar-refractivity contribution in [1.29, 1.82) is 0 Å². The second-order valence-corrected chi connectivity index (χ2v) is 7.64. The predicted octanol–water partition coefficient (Wildman–Crippen LogP) is 1.77. The molecule has 152 valence electrons. The van der Waals surface area contributed by atoms with Gasteiger partial charge < -0.3 is 20.1 Å². The summed E-state index contributed by atoms with van der Waals surface area (Å²) in [7, 11) is 0. The smallest absolute Gasteiger partial charge is 0.256 e. The number of carbonyl (C=O) groups is 1. The molecule has 29 heavy (non-hydrogen) atoms. The summed E-state index contributed by atoms with van der Waals surface area (Å²) in [6.45, 7) is 4.39. The fraction of sp³-hybridized carbons (Fsp3) is 0.350. The number of amides is 1. The normalized spacial score (nSPS) is 15.2. The van der Waals surface area contributed by atoms with Crippen LogP contribution in [0.1, 0.15) is 29.8 Å². The molecule has 0 saturated carbocycles. The summed E-state index contributed by atoms with van der Waals surface area (Å²) in [5, 5.41) is 17.4. The fourth-order valence-corrected chi connectivity index (χ4v) is 3.32. The molecule has 0 aliphatic carbocycles. The third kappa shape index (κ3) is 4.14.